The maximum atomic E-state index is 13.5. The molecule has 3 heterocycles. The van der Waals surface area contributed by atoms with Gasteiger partial charge >= 0.3 is 5.69 Å². The largest absolute Gasteiger partial charge is 0.506 e. The Labute approximate surface area is 213 Å². The van der Waals surface area contributed by atoms with E-state index in [1.165, 1.54) is 25.9 Å². The number of aromatic hydroxyl groups is 1. The molecule has 1 aromatic heterocycles. The molecule has 5 rings (SSSR count). The highest BCUT2D eigenvalue weighted by atomic mass is 32.1. The van der Waals surface area contributed by atoms with Gasteiger partial charge in [-0.05, 0) is 88.2 Å². The second-order valence-electron chi connectivity index (χ2n) is 9.36. The minimum atomic E-state index is 0. The zero-order valence-electron chi connectivity index (χ0n) is 19.5. The molecule has 2 aliphatic rings. The van der Waals surface area contributed by atoms with Crippen molar-refractivity contribution in [1.29, 1.82) is 0 Å². The number of aryl methyl sites for hydroxylation is 1. The highest BCUT2D eigenvalue weighted by Gasteiger charge is 2.26. The summed E-state index contributed by atoms with van der Waals surface area (Å²) in [6.07, 6.45) is 5.29. The van der Waals surface area contributed by atoms with Crippen molar-refractivity contribution < 1.29 is 5.11 Å². The molecule has 2 aromatic carbocycles. The molecule has 0 aliphatic carbocycles. The smallest absolute Gasteiger partial charge is 0.329 e. The molecule has 8 heteroatoms. The van der Waals surface area contributed by atoms with Gasteiger partial charge in [0.25, 0.3) is 0 Å². The summed E-state index contributed by atoms with van der Waals surface area (Å²) >= 11 is 5.60. The summed E-state index contributed by atoms with van der Waals surface area (Å²) in [6, 6.07) is 15.5. The molecule has 0 radical (unpaired) electrons. The van der Waals surface area contributed by atoms with E-state index in [0.717, 1.165) is 56.5 Å². The lowest BCUT2D eigenvalue weighted by molar-refractivity contribution is 0.267. The van der Waals surface area contributed by atoms with Crippen molar-refractivity contribution in [2.24, 2.45) is 0 Å². The Morgan fingerprint density at radius 3 is 2.31 bits per heavy atom. The van der Waals surface area contributed by atoms with Crippen molar-refractivity contribution in [2.45, 2.75) is 52.1 Å². The van der Waals surface area contributed by atoms with Gasteiger partial charge in [-0.25, -0.2) is 4.79 Å². The molecule has 2 saturated heterocycles. The van der Waals surface area contributed by atoms with Crippen LogP contribution in [-0.2, 0) is 6.54 Å². The second-order valence-corrected chi connectivity index (χ2v) is 9.75. The number of hydrogen-bond donors (Lipinski definition) is 2. The van der Waals surface area contributed by atoms with Crippen LogP contribution >= 0.6 is 12.2 Å². The molecule has 0 spiro atoms. The zero-order valence-corrected chi connectivity index (χ0v) is 20.3. The molecule has 7 nitrogen and oxygen atoms in total. The van der Waals surface area contributed by atoms with Crippen molar-refractivity contribution in [3.05, 3.63) is 59.0 Å². The molecule has 0 atom stereocenters. The first-order valence-electron chi connectivity index (χ1n) is 12.4. The number of likely N-dealkylation sites (tertiary alicyclic amines) is 2. The number of para-hydroxylation sites is 4. The lowest BCUT2D eigenvalue weighted by Gasteiger charge is -2.34. The van der Waals surface area contributed by atoms with Crippen molar-refractivity contribution in [1.82, 2.24) is 18.9 Å². The fraction of sp³-hybridized carbons (Fsp3) is 0.481. The van der Waals surface area contributed by atoms with Crippen LogP contribution in [0.3, 0.4) is 0 Å². The van der Waals surface area contributed by atoms with Crippen LogP contribution in [-0.4, -0.2) is 61.9 Å². The van der Waals surface area contributed by atoms with Crippen LogP contribution in [0.15, 0.2) is 53.3 Å². The van der Waals surface area contributed by atoms with Gasteiger partial charge in [0.15, 0.2) is 5.11 Å². The summed E-state index contributed by atoms with van der Waals surface area (Å²) in [6.45, 7) is 5.74. The van der Waals surface area contributed by atoms with Gasteiger partial charge in [-0.1, -0.05) is 31.7 Å². The second kappa shape index (κ2) is 11.3. The average Bonchev–Trinajstić information content (AvgIpc) is 3.47. The number of aromatic nitrogens is 2. The van der Waals surface area contributed by atoms with E-state index in [2.05, 4.69) is 27.2 Å². The predicted molar refractivity (Wildman–Crippen MR) is 147 cm³/mol. The van der Waals surface area contributed by atoms with Crippen molar-refractivity contribution >= 4 is 34.1 Å². The summed E-state index contributed by atoms with van der Waals surface area (Å²) in [5.74, 6) is 0.184. The Balaban J connectivity index is 0.00000289. The monoisotopic (exact) mass is 495 g/mol. The van der Waals surface area contributed by atoms with E-state index in [9.17, 15) is 9.90 Å². The van der Waals surface area contributed by atoms with Crippen LogP contribution in [0.4, 0.5) is 5.69 Å². The fourth-order valence-electron chi connectivity index (χ4n) is 5.36. The number of benzene rings is 2. The first-order chi connectivity index (χ1) is 16.6. The van der Waals surface area contributed by atoms with E-state index in [4.69, 9.17) is 12.2 Å². The number of nitrogens with one attached hydrogen (secondary N) is 1. The molecular formula is C27H37N5O2S. The Bertz CT molecular complexity index is 1210. The van der Waals surface area contributed by atoms with Crippen LogP contribution in [0, 0.1) is 0 Å². The summed E-state index contributed by atoms with van der Waals surface area (Å²) in [5, 5.41) is 13.8. The first-order valence-corrected chi connectivity index (χ1v) is 12.8. The molecule has 0 saturated carbocycles. The lowest BCUT2D eigenvalue weighted by Crippen LogP contribution is -2.42. The van der Waals surface area contributed by atoms with Crippen LogP contribution in [0.2, 0.25) is 0 Å². The summed E-state index contributed by atoms with van der Waals surface area (Å²) < 4.78 is 3.99. The Morgan fingerprint density at radius 2 is 1.60 bits per heavy atom. The number of thiocarbonyl (C=S) groups is 1. The van der Waals surface area contributed by atoms with Gasteiger partial charge in [0.1, 0.15) is 5.75 Å². The van der Waals surface area contributed by atoms with Gasteiger partial charge < -0.3 is 20.2 Å². The maximum Gasteiger partial charge on any atom is 0.329 e. The molecule has 188 valence electrons. The molecule has 0 unspecified atom stereocenters. The molecule has 2 N–H and O–H groups in total. The number of nitrogens with zero attached hydrogens (tertiary/aromatic N) is 4. The van der Waals surface area contributed by atoms with Crippen LogP contribution in [0.1, 0.15) is 45.6 Å². The standard InChI is InChI=1S/C26H33N5O2S.CH4/c32-24-11-4-1-8-21(24)27-25(34)29-18-12-20(13-19-29)31-23-10-3-2-9-22(23)30(26(31)33)17-7-16-28-14-5-6-15-28;/h1-4,8-11,20,32H,5-7,12-19H2,(H,27,34);1H4. The van der Waals surface area contributed by atoms with Crippen molar-refractivity contribution in [3.8, 4) is 5.75 Å². The molecule has 0 amide bonds. The Hall–Kier alpha value is -2.84. The molecule has 0 bridgehead atoms. The van der Waals surface area contributed by atoms with E-state index in [1.54, 1.807) is 12.1 Å². The molecule has 2 fully saturated rings. The number of imidazole rings is 1. The first kappa shape index (κ1) is 25.3. The summed E-state index contributed by atoms with van der Waals surface area (Å²) in [7, 11) is 0. The molecular weight excluding hydrogens is 458 g/mol. The van der Waals surface area contributed by atoms with E-state index in [0.29, 0.717) is 10.8 Å². The third kappa shape index (κ3) is 5.38. The number of hydrogen-bond acceptors (Lipinski definition) is 4. The number of anilines is 1. The zero-order chi connectivity index (χ0) is 23.5. The normalized spacial score (nSPS) is 17.0. The molecule has 2 aliphatic heterocycles. The highest BCUT2D eigenvalue weighted by molar-refractivity contribution is 7.80. The molecule has 3 aromatic rings. The summed E-state index contributed by atoms with van der Waals surface area (Å²) in [4.78, 5) is 18.2. The van der Waals surface area contributed by atoms with Gasteiger partial charge in [-0.3, -0.25) is 9.13 Å². The number of fused-ring (bicyclic) bond motifs is 1. The number of phenols is 1. The Morgan fingerprint density at radius 1 is 0.943 bits per heavy atom. The number of piperidine rings is 1. The van der Waals surface area contributed by atoms with Crippen molar-refractivity contribution in [2.75, 3.05) is 38.0 Å². The van der Waals surface area contributed by atoms with E-state index in [-0.39, 0.29) is 24.9 Å². The average molecular weight is 496 g/mol. The van der Waals surface area contributed by atoms with E-state index in [1.807, 2.05) is 33.4 Å². The number of rotatable bonds is 6. The quantitative estimate of drug-likeness (QED) is 0.383. The maximum absolute atomic E-state index is 13.5. The van der Waals surface area contributed by atoms with E-state index < -0.39 is 0 Å². The fourth-order valence-corrected chi connectivity index (χ4v) is 5.65. The third-order valence-electron chi connectivity index (χ3n) is 7.19. The van der Waals surface area contributed by atoms with Gasteiger partial charge in [0, 0.05) is 25.7 Å². The lowest BCUT2D eigenvalue weighted by atomic mass is 10.0. The van der Waals surface area contributed by atoms with Gasteiger partial charge in [-0.15, -0.1) is 0 Å². The topological polar surface area (TPSA) is 65.7 Å². The van der Waals surface area contributed by atoms with E-state index >= 15 is 0 Å². The third-order valence-corrected chi connectivity index (χ3v) is 7.55. The highest BCUT2D eigenvalue weighted by Crippen LogP contribution is 2.27. The van der Waals surface area contributed by atoms with Gasteiger partial charge in [0.05, 0.1) is 16.7 Å². The van der Waals surface area contributed by atoms with Crippen LogP contribution < -0.4 is 11.0 Å². The predicted octanol–water partition coefficient (Wildman–Crippen LogP) is 4.66. The summed E-state index contributed by atoms with van der Waals surface area (Å²) in [5.41, 5.74) is 2.79. The van der Waals surface area contributed by atoms with Crippen LogP contribution in [0.25, 0.3) is 11.0 Å². The minimum Gasteiger partial charge on any atom is -0.506 e. The minimum absolute atomic E-state index is 0. The van der Waals surface area contributed by atoms with Gasteiger partial charge in [0.2, 0.25) is 0 Å². The molecule has 35 heavy (non-hydrogen) atoms. The van der Waals surface area contributed by atoms with Crippen molar-refractivity contribution in [3.63, 3.8) is 0 Å². The van der Waals surface area contributed by atoms with Crippen LogP contribution in [0.5, 0.6) is 5.75 Å². The Kier molecular flexibility index (Phi) is 8.13. The van der Waals surface area contributed by atoms with Gasteiger partial charge in [-0.2, -0.15) is 0 Å². The number of phenolic OH excluding ortho intramolecular Hbond substituents is 1. The SMILES string of the molecule is C.O=c1n(CCCN2CCCC2)c2ccccc2n1C1CCN(C(=S)Nc2ccccc2O)CC1.